The number of rotatable bonds is 20. The van der Waals surface area contributed by atoms with Gasteiger partial charge in [-0.1, -0.05) is 99.5 Å². The van der Waals surface area contributed by atoms with Crippen LogP contribution in [0.3, 0.4) is 0 Å². The highest BCUT2D eigenvalue weighted by Gasteiger charge is 2.40. The van der Waals surface area contributed by atoms with E-state index in [1.54, 1.807) is 31.1 Å². The van der Waals surface area contributed by atoms with Crippen molar-refractivity contribution in [3.05, 3.63) is 101 Å². The molecule has 1 N–H and O–H groups in total. The van der Waals surface area contributed by atoms with Gasteiger partial charge in [-0.15, -0.1) is 0 Å². The van der Waals surface area contributed by atoms with Crippen LogP contribution in [-0.4, -0.2) is 109 Å². The summed E-state index contributed by atoms with van der Waals surface area (Å²) in [5.41, 5.74) is 4.63. The van der Waals surface area contributed by atoms with Crippen molar-refractivity contribution in [3.8, 4) is 5.75 Å². The summed E-state index contributed by atoms with van der Waals surface area (Å²) in [5.74, 6) is -3.85. The fraction of sp³-hybridized carbons (Fsp3) is 0.500. The van der Waals surface area contributed by atoms with Crippen LogP contribution in [-0.2, 0) is 52.7 Å². The first kappa shape index (κ1) is 46.4. The molecule has 0 spiro atoms. The van der Waals surface area contributed by atoms with Crippen LogP contribution in [0.5, 0.6) is 5.75 Å². The molecule has 0 bridgehead atoms. The third-order valence-corrected chi connectivity index (χ3v) is 11.0. The number of likely N-dealkylation sites (N-methyl/N-ethyl adjacent to an activating group) is 3. The average molecular weight is 786 g/mol. The Bertz CT molecular complexity index is 1790. The number of carbonyl (C=O) groups excluding carboxylic acids is 5. The number of benzene rings is 3. The van der Waals surface area contributed by atoms with E-state index in [4.69, 9.17) is 9.47 Å². The second-order valence-corrected chi connectivity index (χ2v) is 15.9. The van der Waals surface area contributed by atoms with Gasteiger partial charge in [-0.2, -0.15) is 0 Å². The van der Waals surface area contributed by atoms with Crippen LogP contribution in [0, 0.1) is 31.6 Å². The molecule has 0 heterocycles. The molecule has 3 rings (SSSR count). The molecule has 0 aromatic heterocycles. The predicted molar refractivity (Wildman–Crippen MR) is 221 cm³/mol. The molecule has 0 aliphatic rings. The van der Waals surface area contributed by atoms with E-state index >= 15 is 0 Å². The van der Waals surface area contributed by atoms with Crippen LogP contribution >= 0.6 is 0 Å². The van der Waals surface area contributed by atoms with Crippen LogP contribution in [0.15, 0.2) is 72.8 Å². The Morgan fingerprint density at radius 2 is 1.07 bits per heavy atom. The van der Waals surface area contributed by atoms with E-state index in [1.165, 1.54) is 43.1 Å². The van der Waals surface area contributed by atoms with Crippen LogP contribution < -0.4 is 0 Å². The van der Waals surface area contributed by atoms with Gasteiger partial charge in [-0.3, -0.25) is 24.1 Å². The average Bonchev–Trinajstić information content (AvgIpc) is 3.19. The molecule has 310 valence electrons. The van der Waals surface area contributed by atoms with Crippen molar-refractivity contribution >= 4 is 29.5 Å². The first-order chi connectivity index (χ1) is 26.9. The summed E-state index contributed by atoms with van der Waals surface area (Å²) in [7, 11) is 7.92. The summed E-state index contributed by atoms with van der Waals surface area (Å²) in [6.45, 7) is 11.4. The van der Waals surface area contributed by atoms with E-state index in [0.29, 0.717) is 18.4 Å². The van der Waals surface area contributed by atoms with Gasteiger partial charge in [0.15, 0.2) is 11.9 Å². The van der Waals surface area contributed by atoms with Crippen molar-refractivity contribution in [2.45, 2.75) is 97.9 Å². The molecule has 0 unspecified atom stereocenters. The summed E-state index contributed by atoms with van der Waals surface area (Å²) in [6.07, 6.45) is -0.0562. The minimum Gasteiger partial charge on any atom is -0.508 e. The Morgan fingerprint density at radius 3 is 1.51 bits per heavy atom. The number of nitrogens with zero attached hydrogens (tertiary/aromatic N) is 3. The van der Waals surface area contributed by atoms with Crippen LogP contribution in [0.1, 0.15) is 68.4 Å². The number of carbonyl (C=O) groups is 5. The number of aromatic hydroxyl groups is 1. The maximum atomic E-state index is 14.6. The zero-order valence-electron chi connectivity index (χ0n) is 35.7. The number of hydrogen-bond acceptors (Lipinski definition) is 9. The number of phenols is 1. The Labute approximate surface area is 339 Å². The zero-order chi connectivity index (χ0) is 42.6. The molecule has 11 heteroatoms. The van der Waals surface area contributed by atoms with E-state index in [1.807, 2.05) is 90.1 Å². The number of ketones is 1. The molecule has 0 fully saturated rings. The second-order valence-electron chi connectivity index (χ2n) is 15.9. The molecule has 57 heavy (non-hydrogen) atoms. The Morgan fingerprint density at radius 1 is 0.632 bits per heavy atom. The van der Waals surface area contributed by atoms with Gasteiger partial charge in [0, 0.05) is 45.2 Å². The SMILES string of the molecule is CC[C@H](C)[C@@H](OC(=O)[C@@H](Cc1ccc(C)cc1)N(C)C)C(=O)C[C@H](C(=O)N(C)[C@H](Cc1ccc(O)cc1)C(=O)N(C)[C@@H](Cc1ccc(C)cc1)C(=O)OC)C(C)C. The summed E-state index contributed by atoms with van der Waals surface area (Å²) < 4.78 is 11.2. The first-order valence-electron chi connectivity index (χ1n) is 19.8. The fourth-order valence-corrected chi connectivity index (χ4v) is 6.79. The van der Waals surface area contributed by atoms with Gasteiger partial charge in [-0.25, -0.2) is 4.79 Å². The highest BCUT2D eigenvalue weighted by molar-refractivity contribution is 5.94. The van der Waals surface area contributed by atoms with E-state index in [9.17, 15) is 29.1 Å². The molecule has 0 aliphatic carbocycles. The lowest BCUT2D eigenvalue weighted by Gasteiger charge is -2.36. The topological polar surface area (TPSA) is 134 Å². The minimum atomic E-state index is -1.08. The Balaban J connectivity index is 1.93. The maximum Gasteiger partial charge on any atom is 0.328 e. The smallest absolute Gasteiger partial charge is 0.328 e. The van der Waals surface area contributed by atoms with Crippen molar-refractivity contribution in [3.63, 3.8) is 0 Å². The largest absolute Gasteiger partial charge is 0.508 e. The summed E-state index contributed by atoms with van der Waals surface area (Å²) in [5, 5.41) is 9.95. The van der Waals surface area contributed by atoms with Gasteiger partial charge in [0.2, 0.25) is 11.8 Å². The van der Waals surface area contributed by atoms with E-state index in [0.717, 1.165) is 22.3 Å². The Hall–Kier alpha value is -5.03. The van der Waals surface area contributed by atoms with Gasteiger partial charge in [0.1, 0.15) is 23.9 Å². The molecule has 0 aliphatic heterocycles. The number of phenolic OH excluding ortho intramolecular Hbond substituents is 1. The maximum absolute atomic E-state index is 14.6. The highest BCUT2D eigenvalue weighted by atomic mass is 16.5. The summed E-state index contributed by atoms with van der Waals surface area (Å²) >= 11 is 0. The quantitative estimate of drug-likeness (QED) is 0.137. The van der Waals surface area contributed by atoms with Crippen LogP contribution in [0.4, 0.5) is 0 Å². The molecule has 3 aromatic carbocycles. The van der Waals surface area contributed by atoms with E-state index < -0.39 is 53.9 Å². The van der Waals surface area contributed by atoms with Gasteiger partial charge in [-0.05, 0) is 75.5 Å². The molecule has 3 aromatic rings. The third kappa shape index (κ3) is 13.0. The van der Waals surface area contributed by atoms with Crippen LogP contribution in [0.25, 0.3) is 0 Å². The fourth-order valence-electron chi connectivity index (χ4n) is 6.79. The lowest BCUT2D eigenvalue weighted by molar-refractivity contribution is -0.163. The van der Waals surface area contributed by atoms with Gasteiger partial charge in [0.05, 0.1) is 7.11 Å². The third-order valence-electron chi connectivity index (χ3n) is 11.0. The number of Topliss-reactive ketones (excluding diaryl/α,β-unsaturated/α-hetero) is 1. The van der Waals surface area contributed by atoms with Gasteiger partial charge in [0.25, 0.3) is 0 Å². The lowest BCUT2D eigenvalue weighted by Crippen LogP contribution is -2.55. The van der Waals surface area contributed by atoms with Gasteiger partial charge < -0.3 is 24.4 Å². The first-order valence-corrected chi connectivity index (χ1v) is 19.8. The monoisotopic (exact) mass is 785 g/mol. The lowest BCUT2D eigenvalue weighted by atomic mass is 9.85. The number of ether oxygens (including phenoxy) is 2. The predicted octanol–water partition coefficient (Wildman–Crippen LogP) is 5.98. The Kier molecular flexibility index (Phi) is 17.5. The highest BCUT2D eigenvalue weighted by Crippen LogP contribution is 2.26. The second kappa shape index (κ2) is 21.5. The van der Waals surface area contributed by atoms with Crippen molar-refractivity contribution in [1.82, 2.24) is 14.7 Å². The number of methoxy groups -OCH3 is 1. The number of aryl methyl sites for hydroxylation is 2. The molecule has 0 saturated heterocycles. The van der Waals surface area contributed by atoms with Crippen molar-refractivity contribution in [2.24, 2.45) is 17.8 Å². The van der Waals surface area contributed by atoms with E-state index in [2.05, 4.69) is 0 Å². The zero-order valence-corrected chi connectivity index (χ0v) is 35.7. The standard InChI is InChI=1S/C46H63N3O8/c1-12-32(6)42(57-46(55)39(47(7)8)26-33-17-13-30(4)14-18-33)41(51)28-37(29(2)3)43(52)48(9)38(25-35-21-23-36(50)24-22-35)44(53)49(10)40(45(54)56-11)27-34-19-15-31(5)16-20-34/h13-24,29,32,37-40,42,50H,12,25-28H2,1-11H3/t32-,37-,38+,39+,40-,42+/m0/s1. The molecular formula is C46H63N3O8. The minimum absolute atomic E-state index is 0.0500. The summed E-state index contributed by atoms with van der Waals surface area (Å²) in [6, 6.07) is 19.2. The molecule has 2 amide bonds. The molecule has 11 nitrogen and oxygen atoms in total. The van der Waals surface area contributed by atoms with Crippen molar-refractivity contribution in [1.29, 1.82) is 0 Å². The van der Waals surface area contributed by atoms with E-state index in [-0.39, 0.29) is 42.6 Å². The molecular weight excluding hydrogens is 723 g/mol. The van der Waals surface area contributed by atoms with Crippen LogP contribution in [0.2, 0.25) is 0 Å². The molecule has 0 saturated carbocycles. The molecule has 6 atom stereocenters. The number of hydrogen-bond donors (Lipinski definition) is 1. The van der Waals surface area contributed by atoms with Crippen molar-refractivity contribution in [2.75, 3.05) is 35.3 Å². The summed E-state index contributed by atoms with van der Waals surface area (Å²) in [4.78, 5) is 74.7. The normalized spacial score (nSPS) is 14.5. The number of esters is 2. The van der Waals surface area contributed by atoms with Gasteiger partial charge >= 0.3 is 11.9 Å². The van der Waals surface area contributed by atoms with Crippen molar-refractivity contribution < 1.29 is 38.6 Å². The number of amides is 2. The molecule has 0 radical (unpaired) electrons.